The van der Waals surface area contributed by atoms with E-state index in [9.17, 15) is 0 Å². The van der Waals surface area contributed by atoms with E-state index in [4.69, 9.17) is 20.8 Å². The van der Waals surface area contributed by atoms with E-state index in [1.165, 1.54) is 11.1 Å². The third-order valence-corrected chi connectivity index (χ3v) is 5.46. The Morgan fingerprint density at radius 2 is 2.04 bits per heavy atom. The summed E-state index contributed by atoms with van der Waals surface area (Å²) >= 11 is 6.02. The normalized spacial score (nSPS) is 15.8. The molecule has 0 unspecified atom stereocenters. The minimum absolute atomic E-state index is 0.372. The molecule has 0 saturated carbocycles. The second kappa shape index (κ2) is 8.41. The number of piperidine rings is 1. The van der Waals surface area contributed by atoms with Crippen molar-refractivity contribution in [2.24, 2.45) is 0 Å². The second-order valence-corrected chi connectivity index (χ2v) is 7.80. The molecule has 1 aliphatic rings. The van der Waals surface area contributed by atoms with Crippen molar-refractivity contribution in [3.63, 3.8) is 0 Å². The zero-order chi connectivity index (χ0) is 19.5. The van der Waals surface area contributed by atoms with Crippen molar-refractivity contribution in [2.45, 2.75) is 39.3 Å². The molecule has 0 spiro atoms. The van der Waals surface area contributed by atoms with Gasteiger partial charge in [-0.1, -0.05) is 23.7 Å². The molecule has 148 valence electrons. The Morgan fingerprint density at radius 1 is 1.21 bits per heavy atom. The van der Waals surface area contributed by atoms with E-state index in [0.717, 1.165) is 49.3 Å². The van der Waals surface area contributed by atoms with Crippen LogP contribution in [0.5, 0.6) is 5.75 Å². The number of aryl methyl sites for hydroxylation is 1. The maximum atomic E-state index is 6.02. The molecule has 6 heteroatoms. The number of rotatable bonds is 6. The fourth-order valence-electron chi connectivity index (χ4n) is 3.68. The van der Waals surface area contributed by atoms with Crippen LogP contribution in [-0.4, -0.2) is 35.6 Å². The van der Waals surface area contributed by atoms with Crippen LogP contribution in [0.4, 0.5) is 6.01 Å². The lowest BCUT2D eigenvalue weighted by Crippen LogP contribution is -2.38. The van der Waals surface area contributed by atoms with E-state index < -0.39 is 0 Å². The Hall–Kier alpha value is -2.24. The van der Waals surface area contributed by atoms with Gasteiger partial charge in [-0.25, -0.2) is 0 Å². The molecule has 0 bridgehead atoms. The molecule has 0 aliphatic carbocycles. The summed E-state index contributed by atoms with van der Waals surface area (Å²) in [5.41, 5.74) is 4.04. The number of nitrogens with zero attached hydrogens (tertiary/aromatic N) is 2. The van der Waals surface area contributed by atoms with Gasteiger partial charge in [-0.15, -0.1) is 0 Å². The lowest BCUT2D eigenvalue weighted by molar-refractivity contribution is 0.210. The predicted molar refractivity (Wildman–Crippen MR) is 113 cm³/mol. The number of anilines is 1. The van der Waals surface area contributed by atoms with Crippen molar-refractivity contribution in [2.75, 3.05) is 25.0 Å². The highest BCUT2D eigenvalue weighted by Crippen LogP contribution is 2.25. The van der Waals surface area contributed by atoms with Crippen LogP contribution in [0, 0.1) is 6.92 Å². The molecule has 1 aliphatic heterocycles. The predicted octanol–water partition coefficient (Wildman–Crippen LogP) is 5.26. The van der Waals surface area contributed by atoms with E-state index >= 15 is 0 Å². The minimum atomic E-state index is 0.372. The first-order chi connectivity index (χ1) is 13.6. The van der Waals surface area contributed by atoms with Gasteiger partial charge in [0.25, 0.3) is 6.01 Å². The van der Waals surface area contributed by atoms with Gasteiger partial charge < -0.3 is 14.5 Å². The van der Waals surface area contributed by atoms with Crippen molar-refractivity contribution in [1.82, 2.24) is 9.88 Å². The number of benzene rings is 2. The first-order valence-electron chi connectivity index (χ1n) is 9.88. The highest BCUT2D eigenvalue weighted by molar-refractivity contribution is 6.31. The molecule has 2 aromatic carbocycles. The lowest BCUT2D eigenvalue weighted by Gasteiger charge is -2.32. The third kappa shape index (κ3) is 4.42. The number of nitrogens with one attached hydrogen (secondary N) is 1. The van der Waals surface area contributed by atoms with Gasteiger partial charge in [0.05, 0.1) is 6.61 Å². The quantitative estimate of drug-likeness (QED) is 0.612. The first-order valence-corrected chi connectivity index (χ1v) is 10.3. The highest BCUT2D eigenvalue weighted by atomic mass is 35.5. The Morgan fingerprint density at radius 3 is 2.82 bits per heavy atom. The lowest BCUT2D eigenvalue weighted by atomic mass is 10.0. The zero-order valence-corrected chi connectivity index (χ0v) is 17.1. The van der Waals surface area contributed by atoms with Gasteiger partial charge in [-0.2, -0.15) is 4.98 Å². The van der Waals surface area contributed by atoms with Gasteiger partial charge >= 0.3 is 0 Å². The van der Waals surface area contributed by atoms with Crippen LogP contribution in [0.2, 0.25) is 5.02 Å². The maximum absolute atomic E-state index is 6.02. The highest BCUT2D eigenvalue weighted by Gasteiger charge is 2.21. The summed E-state index contributed by atoms with van der Waals surface area (Å²) in [7, 11) is 0. The monoisotopic (exact) mass is 399 g/mol. The third-order valence-electron chi connectivity index (χ3n) is 5.22. The molecule has 0 amide bonds. The molecule has 28 heavy (non-hydrogen) atoms. The van der Waals surface area contributed by atoms with Crippen LogP contribution >= 0.6 is 11.6 Å². The topological polar surface area (TPSA) is 50.5 Å². The molecule has 2 heterocycles. The van der Waals surface area contributed by atoms with E-state index in [0.29, 0.717) is 23.7 Å². The van der Waals surface area contributed by atoms with Gasteiger partial charge in [0.1, 0.15) is 11.3 Å². The molecule has 1 aromatic heterocycles. The molecular weight excluding hydrogens is 374 g/mol. The smallest absolute Gasteiger partial charge is 0.295 e. The first kappa shape index (κ1) is 19.1. The average molecular weight is 400 g/mol. The van der Waals surface area contributed by atoms with Crippen LogP contribution in [0.3, 0.4) is 0 Å². The summed E-state index contributed by atoms with van der Waals surface area (Å²) in [6.45, 7) is 7.85. The second-order valence-electron chi connectivity index (χ2n) is 7.36. The molecule has 0 atom stereocenters. The molecule has 5 nitrogen and oxygen atoms in total. The molecule has 1 saturated heterocycles. The van der Waals surface area contributed by atoms with E-state index in [1.54, 1.807) is 0 Å². The molecule has 1 N–H and O–H groups in total. The average Bonchev–Trinajstić information content (AvgIpc) is 3.07. The number of ether oxygens (including phenoxy) is 1. The van der Waals surface area contributed by atoms with Crippen molar-refractivity contribution in [1.29, 1.82) is 0 Å². The summed E-state index contributed by atoms with van der Waals surface area (Å²) in [6, 6.07) is 13.0. The number of likely N-dealkylation sites (tertiary alicyclic amines) is 1. The Bertz CT molecular complexity index is 948. The Balaban J connectivity index is 1.32. The Kier molecular flexibility index (Phi) is 5.74. The van der Waals surface area contributed by atoms with Crippen molar-refractivity contribution in [3.8, 4) is 5.75 Å². The van der Waals surface area contributed by atoms with Crippen molar-refractivity contribution in [3.05, 3.63) is 52.5 Å². The summed E-state index contributed by atoms with van der Waals surface area (Å²) in [6.07, 6.45) is 2.12. The number of oxazole rings is 1. The molecule has 4 rings (SSSR count). The van der Waals surface area contributed by atoms with Crippen LogP contribution in [0.15, 0.2) is 40.8 Å². The van der Waals surface area contributed by atoms with E-state index in [-0.39, 0.29) is 0 Å². The van der Waals surface area contributed by atoms with E-state index in [2.05, 4.69) is 40.3 Å². The number of hydrogen-bond donors (Lipinski definition) is 1. The van der Waals surface area contributed by atoms with Gasteiger partial charge in [0.2, 0.25) is 0 Å². The number of aromatic nitrogens is 1. The van der Waals surface area contributed by atoms with Crippen LogP contribution < -0.4 is 10.1 Å². The minimum Gasteiger partial charge on any atom is -0.494 e. The summed E-state index contributed by atoms with van der Waals surface area (Å²) in [5, 5.41) is 4.11. The standard InChI is InChI=1S/C22H26ClN3O2/c1-3-27-21-12-16(5-4-15(21)2)14-26-10-8-18(9-11-26)24-22-25-19-13-17(23)6-7-20(19)28-22/h4-7,12-13,18H,3,8-11,14H2,1-2H3,(H,24,25). The van der Waals surface area contributed by atoms with Crippen LogP contribution in [0.1, 0.15) is 30.9 Å². The summed E-state index contributed by atoms with van der Waals surface area (Å²) in [5.74, 6) is 0.993. The van der Waals surface area contributed by atoms with Crippen LogP contribution in [0.25, 0.3) is 11.1 Å². The fraction of sp³-hybridized carbons (Fsp3) is 0.409. The number of fused-ring (bicyclic) bond motifs is 1. The van der Waals surface area contributed by atoms with Gasteiger partial charge in [0.15, 0.2) is 5.58 Å². The number of halogens is 1. The molecule has 1 fully saturated rings. The molecule has 0 radical (unpaired) electrons. The summed E-state index contributed by atoms with van der Waals surface area (Å²) in [4.78, 5) is 6.99. The van der Waals surface area contributed by atoms with Gasteiger partial charge in [-0.3, -0.25) is 4.90 Å². The molecule has 3 aromatic rings. The molecular formula is C22H26ClN3O2. The largest absolute Gasteiger partial charge is 0.494 e. The van der Waals surface area contributed by atoms with Gasteiger partial charge in [-0.05, 0) is 62.1 Å². The van der Waals surface area contributed by atoms with Crippen molar-refractivity contribution < 1.29 is 9.15 Å². The maximum Gasteiger partial charge on any atom is 0.295 e. The van der Waals surface area contributed by atoms with Crippen LogP contribution in [-0.2, 0) is 6.54 Å². The summed E-state index contributed by atoms with van der Waals surface area (Å²) < 4.78 is 11.5. The Labute approximate surface area is 170 Å². The fourth-order valence-corrected chi connectivity index (χ4v) is 3.85. The SMILES string of the molecule is CCOc1cc(CN2CCC(Nc3nc4cc(Cl)ccc4o3)CC2)ccc1C. The van der Waals surface area contributed by atoms with Gasteiger partial charge in [0, 0.05) is 30.7 Å². The van der Waals surface area contributed by atoms with Crippen molar-refractivity contribution >= 4 is 28.7 Å². The van der Waals surface area contributed by atoms with E-state index in [1.807, 2.05) is 25.1 Å². The number of hydrogen-bond acceptors (Lipinski definition) is 5. The zero-order valence-electron chi connectivity index (χ0n) is 16.4.